The van der Waals surface area contributed by atoms with Gasteiger partial charge < -0.3 is 48.9 Å². The minimum absolute atomic E-state index is 0.0228. The molecule has 0 saturated carbocycles. The quantitative estimate of drug-likeness (QED) is 0.0403. The van der Waals surface area contributed by atoms with Crippen LogP contribution in [-0.4, -0.2) is 96.0 Å². The number of phosphoric acid groups is 1. The number of aromatic carboxylic acids is 1. The number of phosphoric ester groups is 1. The van der Waals surface area contributed by atoms with Gasteiger partial charge in [0.2, 0.25) is 11.3 Å². The predicted octanol–water partition coefficient (Wildman–Crippen LogP) is 2.44. The Hall–Kier alpha value is -6.14. The van der Waals surface area contributed by atoms with Crippen LogP contribution in [0, 0.1) is 0 Å². The second-order valence-electron chi connectivity index (χ2n) is 17.0. The summed E-state index contributed by atoms with van der Waals surface area (Å²) in [4.78, 5) is 74.0. The van der Waals surface area contributed by atoms with E-state index in [-0.39, 0.29) is 49.6 Å². The number of hydrogen-bond acceptors (Lipinski definition) is 12. The number of H-pyrrole nitrogens is 1. The highest BCUT2D eigenvalue weighted by Crippen LogP contribution is 2.43. The predicted molar refractivity (Wildman–Crippen MR) is 250 cm³/mol. The van der Waals surface area contributed by atoms with Crippen LogP contribution in [0.1, 0.15) is 90.4 Å². The number of carboxylic acid groups (broad SMARTS) is 1. The molecule has 19 heteroatoms. The number of benzene rings is 3. The van der Waals surface area contributed by atoms with E-state index in [2.05, 4.69) is 69.0 Å². The van der Waals surface area contributed by atoms with Crippen molar-refractivity contribution in [3.63, 3.8) is 0 Å². The lowest BCUT2D eigenvalue weighted by molar-refractivity contribution is -0.255. The zero-order valence-corrected chi connectivity index (χ0v) is 39.0. The zero-order valence-electron chi connectivity index (χ0n) is 38.1. The molecular weight excluding hydrogens is 898 g/mol. The van der Waals surface area contributed by atoms with Gasteiger partial charge in [0.1, 0.15) is 42.7 Å². The minimum Gasteiger partial charge on any atom is -0.545 e. The number of carbonyl (C=O) groups is 2. The number of anilines is 1. The summed E-state index contributed by atoms with van der Waals surface area (Å²) in [6.45, 7) is 11.3. The van der Waals surface area contributed by atoms with Crippen molar-refractivity contribution in [1.29, 1.82) is 0 Å². The molecule has 4 aromatic rings. The summed E-state index contributed by atoms with van der Waals surface area (Å²) >= 11 is 0. The van der Waals surface area contributed by atoms with E-state index in [0.717, 1.165) is 83.8 Å². The zero-order chi connectivity index (χ0) is 48.1. The molecule has 0 radical (unpaired) electrons. The number of aromatic nitrogens is 2. The van der Waals surface area contributed by atoms with Gasteiger partial charge in [-0.3, -0.25) is 23.7 Å². The maximum atomic E-state index is 13.0. The SMILES string of the molecule is C=CCO[C@@H]1C[C@H](n2cc(/C=C/CNC(=O)CCCOc3ccc(C4=c5cc6c(cc5Oc5cc7c(cc54)CCCN7CC)=[N+](CC)CCC6)c(C(=O)[O-])c3)c(=O)[nH]c2=O)O[C@@H]1COP(=O)(O)O. The smallest absolute Gasteiger partial charge is 0.469 e. The Morgan fingerprint density at radius 3 is 2.66 bits per heavy atom. The van der Waals surface area contributed by atoms with Gasteiger partial charge in [0.15, 0.2) is 0 Å². The lowest BCUT2D eigenvalue weighted by atomic mass is 9.86. The summed E-state index contributed by atoms with van der Waals surface area (Å²) < 4.78 is 43.6. The molecule has 68 heavy (non-hydrogen) atoms. The van der Waals surface area contributed by atoms with E-state index in [1.54, 1.807) is 12.1 Å². The lowest BCUT2D eigenvalue weighted by Crippen LogP contribution is -2.39. The van der Waals surface area contributed by atoms with Crippen LogP contribution in [0.5, 0.6) is 17.2 Å². The number of carboxylic acids is 1. The lowest BCUT2D eigenvalue weighted by Gasteiger charge is -2.33. The largest absolute Gasteiger partial charge is 0.545 e. The Morgan fingerprint density at radius 2 is 1.90 bits per heavy atom. The van der Waals surface area contributed by atoms with Gasteiger partial charge in [-0.1, -0.05) is 18.2 Å². The number of nitrogens with one attached hydrogen (secondary N) is 2. The Kier molecular flexibility index (Phi) is 14.9. The van der Waals surface area contributed by atoms with Crippen LogP contribution in [0.2, 0.25) is 0 Å². The van der Waals surface area contributed by atoms with Gasteiger partial charge in [0.05, 0.1) is 43.5 Å². The van der Waals surface area contributed by atoms with Gasteiger partial charge in [-0.2, -0.15) is 0 Å². The average molecular weight is 954 g/mol. The molecule has 4 N–H and O–H groups in total. The highest BCUT2D eigenvalue weighted by Gasteiger charge is 2.39. The van der Waals surface area contributed by atoms with Gasteiger partial charge in [-0.25, -0.2) is 13.9 Å². The van der Waals surface area contributed by atoms with Crippen LogP contribution in [0.15, 0.2) is 77.0 Å². The highest BCUT2D eigenvalue weighted by atomic mass is 31.2. The Morgan fingerprint density at radius 1 is 1.07 bits per heavy atom. The van der Waals surface area contributed by atoms with Crippen LogP contribution < -0.4 is 51.2 Å². The molecule has 3 aromatic carbocycles. The molecule has 5 heterocycles. The summed E-state index contributed by atoms with van der Waals surface area (Å²) in [6, 6.07) is 13.5. The topological polar surface area (TPSA) is 234 Å². The second kappa shape index (κ2) is 21.0. The van der Waals surface area contributed by atoms with Crippen LogP contribution in [-0.2, 0) is 36.2 Å². The monoisotopic (exact) mass is 953 g/mol. The van der Waals surface area contributed by atoms with Gasteiger partial charge in [-0.05, 0) is 81.0 Å². The summed E-state index contributed by atoms with van der Waals surface area (Å²) in [5.74, 6) is 0.0252. The van der Waals surface area contributed by atoms with Crippen LogP contribution in [0.3, 0.4) is 0 Å². The number of fused-ring (bicyclic) bond motifs is 4. The highest BCUT2D eigenvalue weighted by molar-refractivity contribution is 7.46. The van der Waals surface area contributed by atoms with Crippen molar-refractivity contribution in [2.45, 2.75) is 77.2 Å². The molecule has 18 nitrogen and oxygen atoms in total. The number of aryl methyl sites for hydroxylation is 2. The van der Waals surface area contributed by atoms with E-state index in [0.29, 0.717) is 29.2 Å². The van der Waals surface area contributed by atoms with Crippen molar-refractivity contribution in [3.05, 3.63) is 132 Å². The standard InChI is InChI=1S/C49H56N5O13P/c1-4-20-64-42-27-45(67-43(42)29-65-68(60,61)62)54-28-32(47(56)51-49(54)59)11-7-17-50-44(55)14-10-21-63-33-15-16-34(35(24-33)48(57)58)46-36-22-30-12-8-18-52(5-2)38(30)25-40(36)66-41-26-39-31(23-37(41)46)13-9-19-53(39)6-3/h4,7,11,15-16,22-26,28,42-43,45H,1,5-6,8-10,12-14,17-21,27,29H2,2-3H3,(H4-,50,51,55,56,57,58,59,60,61,62)/b11-7+/t42-,43-,45-/m1/s1. The van der Waals surface area contributed by atoms with Crippen molar-refractivity contribution in [1.82, 2.24) is 19.4 Å². The molecule has 8 rings (SSSR count). The van der Waals surface area contributed by atoms with Gasteiger partial charge in [-0.15, -0.1) is 6.58 Å². The van der Waals surface area contributed by atoms with Crippen molar-refractivity contribution in [3.8, 4) is 17.2 Å². The van der Waals surface area contributed by atoms with Crippen molar-refractivity contribution in [2.24, 2.45) is 0 Å². The van der Waals surface area contributed by atoms with E-state index in [1.165, 1.54) is 41.6 Å². The summed E-state index contributed by atoms with van der Waals surface area (Å²) in [5, 5.41) is 17.7. The fraction of sp³-hybridized carbons (Fsp3) is 0.408. The Bertz CT molecular complexity index is 2940. The van der Waals surface area contributed by atoms with Gasteiger partial charge in [0, 0.05) is 84.3 Å². The molecule has 1 amide bonds. The van der Waals surface area contributed by atoms with E-state index in [4.69, 9.17) is 28.7 Å². The molecule has 4 aliphatic heterocycles. The third-order valence-corrected chi connectivity index (χ3v) is 13.1. The number of amides is 1. The van der Waals surface area contributed by atoms with Gasteiger partial charge >= 0.3 is 13.5 Å². The molecule has 1 fully saturated rings. The third kappa shape index (κ3) is 10.8. The molecule has 1 saturated heterocycles. The second-order valence-corrected chi connectivity index (χ2v) is 18.3. The van der Waals surface area contributed by atoms with Crippen molar-refractivity contribution in [2.75, 3.05) is 57.4 Å². The molecule has 0 aliphatic carbocycles. The average Bonchev–Trinajstić information content (AvgIpc) is 3.73. The van der Waals surface area contributed by atoms with Gasteiger partial charge in [0.25, 0.3) is 5.56 Å². The van der Waals surface area contributed by atoms with Crippen LogP contribution >= 0.6 is 7.82 Å². The molecule has 0 bridgehead atoms. The first-order valence-electron chi connectivity index (χ1n) is 23.0. The molecular formula is C49H56N5O13P. The Labute approximate surface area is 392 Å². The summed E-state index contributed by atoms with van der Waals surface area (Å²) in [6.07, 6.45) is 7.54. The number of carbonyl (C=O) groups excluding carboxylic acids is 2. The fourth-order valence-corrected chi connectivity index (χ4v) is 9.75. The summed E-state index contributed by atoms with van der Waals surface area (Å²) in [5.41, 5.74) is 4.23. The third-order valence-electron chi connectivity index (χ3n) is 12.6. The number of nitrogens with zero attached hydrogens (tertiary/aromatic N) is 3. The number of hydrogen-bond donors (Lipinski definition) is 4. The summed E-state index contributed by atoms with van der Waals surface area (Å²) in [7, 11) is -4.81. The molecule has 3 atom stereocenters. The minimum atomic E-state index is -4.81. The van der Waals surface area contributed by atoms with E-state index in [1.807, 2.05) is 0 Å². The Balaban J connectivity index is 0.928. The van der Waals surface area contributed by atoms with E-state index >= 15 is 0 Å². The number of ether oxygens (including phenoxy) is 4. The molecule has 4 aliphatic rings. The van der Waals surface area contributed by atoms with Crippen LogP contribution in [0.4, 0.5) is 5.69 Å². The fourth-order valence-electron chi connectivity index (χ4n) is 9.41. The normalized spacial score (nSPS) is 18.6. The first kappa shape index (κ1) is 48.3. The van der Waals surface area contributed by atoms with Crippen molar-refractivity contribution < 1.29 is 52.5 Å². The van der Waals surface area contributed by atoms with Crippen molar-refractivity contribution >= 4 is 37.0 Å². The molecule has 0 spiro atoms. The van der Waals surface area contributed by atoms with E-state index in [9.17, 15) is 28.8 Å². The first-order chi connectivity index (χ1) is 32.7. The molecule has 1 aromatic heterocycles. The first-order valence-corrected chi connectivity index (χ1v) is 24.5. The number of aromatic amines is 1. The molecule has 360 valence electrons. The maximum absolute atomic E-state index is 13.0. The van der Waals surface area contributed by atoms with Crippen LogP contribution in [0.25, 0.3) is 11.6 Å². The maximum Gasteiger partial charge on any atom is 0.469 e. The van der Waals surface area contributed by atoms with E-state index < -0.39 is 50.1 Å². The number of rotatable bonds is 19. The molecule has 0 unspecified atom stereocenters.